The molecule has 2 N–H and O–H groups in total. The van der Waals surface area contributed by atoms with Crippen LogP contribution in [-0.4, -0.2) is 31.0 Å². The van der Waals surface area contributed by atoms with Gasteiger partial charge in [0.15, 0.2) is 0 Å². The molecule has 0 spiro atoms. The van der Waals surface area contributed by atoms with Gasteiger partial charge in [0, 0.05) is 12.8 Å². The fraction of sp³-hybridized carbons (Fsp3) is 0.538. The summed E-state index contributed by atoms with van der Waals surface area (Å²) in [5, 5.41) is 12.9. The zero-order valence-electron chi connectivity index (χ0n) is 10.3. The molecule has 0 aliphatic carbocycles. The van der Waals surface area contributed by atoms with Crippen LogP contribution in [0.5, 0.6) is 0 Å². The van der Waals surface area contributed by atoms with Gasteiger partial charge >= 0.3 is 0 Å². The normalized spacial score (nSPS) is 14.5. The van der Waals surface area contributed by atoms with Gasteiger partial charge in [-0.15, -0.1) is 0 Å². The Morgan fingerprint density at radius 2 is 2.19 bits per heavy atom. The molecule has 16 heavy (non-hydrogen) atoms. The van der Waals surface area contributed by atoms with Crippen molar-refractivity contribution in [2.75, 3.05) is 25.6 Å². The molecular formula is C13H21NO2. The Hall–Kier alpha value is -1.06. The second-order valence-electron chi connectivity index (χ2n) is 4.22. The third kappa shape index (κ3) is 3.22. The fourth-order valence-electron chi connectivity index (χ4n) is 1.73. The third-order valence-corrected chi connectivity index (χ3v) is 2.83. The fourth-order valence-corrected chi connectivity index (χ4v) is 1.73. The van der Waals surface area contributed by atoms with Crippen molar-refractivity contribution in [2.45, 2.75) is 25.8 Å². The molecule has 1 atom stereocenters. The van der Waals surface area contributed by atoms with E-state index in [0.29, 0.717) is 6.61 Å². The number of aryl methyl sites for hydroxylation is 1. The van der Waals surface area contributed by atoms with Gasteiger partial charge in [0.05, 0.1) is 18.8 Å². The van der Waals surface area contributed by atoms with Crippen molar-refractivity contribution in [1.82, 2.24) is 0 Å². The van der Waals surface area contributed by atoms with E-state index in [1.807, 2.05) is 32.0 Å². The maximum Gasteiger partial charge on any atom is 0.0834 e. The van der Waals surface area contributed by atoms with E-state index < -0.39 is 0 Å². The first-order chi connectivity index (χ1) is 7.65. The van der Waals surface area contributed by atoms with E-state index in [0.717, 1.165) is 12.1 Å². The van der Waals surface area contributed by atoms with Gasteiger partial charge < -0.3 is 15.2 Å². The Kier molecular flexibility index (Phi) is 4.77. The topological polar surface area (TPSA) is 41.5 Å². The van der Waals surface area contributed by atoms with Gasteiger partial charge in [-0.2, -0.15) is 0 Å². The lowest BCUT2D eigenvalue weighted by molar-refractivity contribution is 0.0962. The monoisotopic (exact) mass is 223 g/mol. The van der Waals surface area contributed by atoms with Crippen molar-refractivity contribution in [3.8, 4) is 0 Å². The highest BCUT2D eigenvalue weighted by Gasteiger charge is 2.27. The Morgan fingerprint density at radius 3 is 2.69 bits per heavy atom. The summed E-state index contributed by atoms with van der Waals surface area (Å²) in [6, 6.07) is 8.12. The first-order valence-electron chi connectivity index (χ1n) is 5.60. The van der Waals surface area contributed by atoms with Gasteiger partial charge in [0.1, 0.15) is 0 Å². The van der Waals surface area contributed by atoms with E-state index in [1.54, 1.807) is 7.11 Å². The Balaban J connectivity index is 2.82. The summed E-state index contributed by atoms with van der Waals surface area (Å²) in [6.07, 6.45) is 0.811. The summed E-state index contributed by atoms with van der Waals surface area (Å²) in [5.74, 6) is 0. The van der Waals surface area contributed by atoms with E-state index >= 15 is 0 Å². The molecule has 0 aliphatic rings. The maximum atomic E-state index is 9.50. The maximum absolute atomic E-state index is 9.50. The van der Waals surface area contributed by atoms with Crippen molar-refractivity contribution in [3.63, 3.8) is 0 Å². The number of rotatable bonds is 6. The highest BCUT2D eigenvalue weighted by molar-refractivity contribution is 5.47. The predicted octanol–water partition coefficient (Wildman–Crippen LogP) is 2.19. The molecule has 0 bridgehead atoms. The zero-order valence-corrected chi connectivity index (χ0v) is 10.3. The number of anilines is 1. The number of benzene rings is 1. The smallest absolute Gasteiger partial charge is 0.0834 e. The molecule has 0 aromatic heterocycles. The summed E-state index contributed by atoms with van der Waals surface area (Å²) in [5.41, 5.74) is 1.83. The van der Waals surface area contributed by atoms with Gasteiger partial charge in [-0.1, -0.05) is 19.1 Å². The number of aliphatic hydroxyl groups is 1. The molecule has 0 amide bonds. The van der Waals surface area contributed by atoms with E-state index in [-0.39, 0.29) is 12.1 Å². The number of hydrogen-bond acceptors (Lipinski definition) is 3. The molecule has 0 fully saturated rings. The van der Waals surface area contributed by atoms with Crippen LogP contribution in [-0.2, 0) is 4.74 Å². The van der Waals surface area contributed by atoms with Crippen LogP contribution in [0.2, 0.25) is 0 Å². The van der Waals surface area contributed by atoms with E-state index in [9.17, 15) is 5.11 Å². The molecule has 0 heterocycles. The van der Waals surface area contributed by atoms with Crippen molar-refractivity contribution in [1.29, 1.82) is 0 Å². The average Bonchev–Trinajstić information content (AvgIpc) is 2.28. The summed E-state index contributed by atoms with van der Waals surface area (Å²) in [6.45, 7) is 4.64. The number of aliphatic hydroxyl groups excluding tert-OH is 1. The van der Waals surface area contributed by atoms with Gasteiger partial charge in [-0.3, -0.25) is 0 Å². The third-order valence-electron chi connectivity index (χ3n) is 2.83. The lowest BCUT2D eigenvalue weighted by atomic mass is 9.97. The van der Waals surface area contributed by atoms with Crippen molar-refractivity contribution < 1.29 is 9.84 Å². The summed E-state index contributed by atoms with van der Waals surface area (Å²) in [4.78, 5) is 0. The number of hydrogen-bond donors (Lipinski definition) is 2. The first-order valence-corrected chi connectivity index (χ1v) is 5.60. The standard InChI is InChI=1S/C13H21NO2/c1-4-13(9-15,10-16-3)14-12-7-5-6-11(2)8-12/h5-8,14-15H,4,9-10H2,1-3H3. The highest BCUT2D eigenvalue weighted by Crippen LogP contribution is 2.19. The van der Waals surface area contributed by atoms with Crippen LogP contribution in [0.3, 0.4) is 0 Å². The average molecular weight is 223 g/mol. The zero-order chi connectivity index (χ0) is 12.0. The van der Waals surface area contributed by atoms with Gasteiger partial charge in [-0.25, -0.2) is 0 Å². The van der Waals surface area contributed by atoms with Gasteiger partial charge in [0.2, 0.25) is 0 Å². The SMILES string of the molecule is CCC(CO)(COC)Nc1cccc(C)c1. The van der Waals surface area contributed by atoms with Crippen molar-refractivity contribution in [3.05, 3.63) is 29.8 Å². The van der Waals surface area contributed by atoms with Crippen LogP contribution >= 0.6 is 0 Å². The van der Waals surface area contributed by atoms with Crippen LogP contribution < -0.4 is 5.32 Å². The number of nitrogens with one attached hydrogen (secondary N) is 1. The molecule has 0 saturated carbocycles. The van der Waals surface area contributed by atoms with E-state index in [2.05, 4.69) is 11.4 Å². The van der Waals surface area contributed by atoms with Crippen LogP contribution in [0.25, 0.3) is 0 Å². The van der Waals surface area contributed by atoms with E-state index in [1.165, 1.54) is 5.56 Å². The van der Waals surface area contributed by atoms with Crippen LogP contribution in [0.4, 0.5) is 5.69 Å². The Bertz CT molecular complexity index is 321. The molecule has 0 radical (unpaired) electrons. The molecular weight excluding hydrogens is 202 g/mol. The molecule has 0 saturated heterocycles. The quantitative estimate of drug-likeness (QED) is 0.776. The summed E-state index contributed by atoms with van der Waals surface area (Å²) in [7, 11) is 1.65. The molecule has 1 aromatic carbocycles. The largest absolute Gasteiger partial charge is 0.394 e. The number of ether oxygens (including phenoxy) is 1. The molecule has 1 rings (SSSR count). The molecule has 1 aromatic rings. The summed E-state index contributed by atoms with van der Waals surface area (Å²) >= 11 is 0. The Labute approximate surface area is 97.4 Å². The number of methoxy groups -OCH3 is 1. The molecule has 3 nitrogen and oxygen atoms in total. The minimum atomic E-state index is -0.386. The minimum absolute atomic E-state index is 0.0608. The second-order valence-corrected chi connectivity index (χ2v) is 4.22. The molecule has 0 aliphatic heterocycles. The minimum Gasteiger partial charge on any atom is -0.394 e. The molecule has 3 heteroatoms. The van der Waals surface area contributed by atoms with Crippen molar-refractivity contribution in [2.24, 2.45) is 0 Å². The van der Waals surface area contributed by atoms with Gasteiger partial charge in [-0.05, 0) is 31.0 Å². The molecule has 1 unspecified atom stereocenters. The first kappa shape index (κ1) is 13.0. The van der Waals surface area contributed by atoms with E-state index in [4.69, 9.17) is 4.74 Å². The molecule has 90 valence electrons. The summed E-state index contributed by atoms with van der Waals surface area (Å²) < 4.78 is 5.17. The lowest BCUT2D eigenvalue weighted by Crippen LogP contribution is -2.45. The lowest BCUT2D eigenvalue weighted by Gasteiger charge is -2.32. The predicted molar refractivity (Wildman–Crippen MR) is 66.8 cm³/mol. The second kappa shape index (κ2) is 5.87. The van der Waals surface area contributed by atoms with Crippen LogP contribution in [0.15, 0.2) is 24.3 Å². The van der Waals surface area contributed by atoms with Crippen LogP contribution in [0.1, 0.15) is 18.9 Å². The van der Waals surface area contributed by atoms with Crippen LogP contribution in [0, 0.1) is 6.92 Å². The van der Waals surface area contributed by atoms with Crippen molar-refractivity contribution >= 4 is 5.69 Å². The van der Waals surface area contributed by atoms with Gasteiger partial charge in [0.25, 0.3) is 0 Å². The highest BCUT2D eigenvalue weighted by atomic mass is 16.5. The Morgan fingerprint density at radius 1 is 1.44 bits per heavy atom.